The van der Waals surface area contributed by atoms with Gasteiger partial charge in [0.25, 0.3) is 0 Å². The fraction of sp³-hybridized carbons (Fsp3) is 0.333. The van der Waals surface area contributed by atoms with E-state index in [1.807, 2.05) is 24.3 Å². The molecule has 2 aromatic carbocycles. The first-order valence-corrected chi connectivity index (χ1v) is 7.42. The third-order valence-electron chi connectivity index (χ3n) is 3.74. The molecule has 0 bridgehead atoms. The molecule has 110 valence electrons. The van der Waals surface area contributed by atoms with Crippen LogP contribution in [0.2, 0.25) is 0 Å². The fourth-order valence-corrected chi connectivity index (χ4v) is 2.55. The molecule has 1 heterocycles. The van der Waals surface area contributed by atoms with Crippen molar-refractivity contribution < 1.29 is 9.47 Å². The summed E-state index contributed by atoms with van der Waals surface area (Å²) in [5.74, 6) is 0.936. The highest BCUT2D eigenvalue weighted by molar-refractivity contribution is 5.37. The van der Waals surface area contributed by atoms with Crippen molar-refractivity contribution in [3.63, 3.8) is 0 Å². The van der Waals surface area contributed by atoms with Crippen LogP contribution < -0.4 is 10.1 Å². The third kappa shape index (κ3) is 3.63. The molecule has 0 aliphatic carbocycles. The van der Waals surface area contributed by atoms with Crippen LogP contribution in [0.25, 0.3) is 0 Å². The zero-order valence-electron chi connectivity index (χ0n) is 12.3. The van der Waals surface area contributed by atoms with Crippen LogP contribution in [0.3, 0.4) is 0 Å². The molecule has 1 aliphatic rings. The number of rotatable bonds is 4. The Bertz CT molecular complexity index is 577. The van der Waals surface area contributed by atoms with Crippen molar-refractivity contribution in [1.82, 2.24) is 5.32 Å². The van der Waals surface area contributed by atoms with Gasteiger partial charge in [-0.25, -0.2) is 0 Å². The van der Waals surface area contributed by atoms with E-state index in [-0.39, 0.29) is 6.10 Å². The predicted molar refractivity (Wildman–Crippen MR) is 83.5 cm³/mol. The molecule has 1 atom stereocenters. The lowest BCUT2D eigenvalue weighted by Gasteiger charge is -2.24. The van der Waals surface area contributed by atoms with Crippen LogP contribution in [-0.2, 0) is 11.3 Å². The second-order valence-corrected chi connectivity index (χ2v) is 5.36. The van der Waals surface area contributed by atoms with E-state index in [2.05, 4.69) is 36.5 Å². The first-order valence-electron chi connectivity index (χ1n) is 7.42. The molecule has 1 aliphatic heterocycles. The first-order chi connectivity index (χ1) is 10.3. The van der Waals surface area contributed by atoms with E-state index in [4.69, 9.17) is 9.47 Å². The van der Waals surface area contributed by atoms with Gasteiger partial charge in [0.15, 0.2) is 0 Å². The number of hydrogen-bond donors (Lipinski definition) is 1. The van der Waals surface area contributed by atoms with Crippen LogP contribution in [0.1, 0.15) is 22.8 Å². The maximum absolute atomic E-state index is 5.91. The van der Waals surface area contributed by atoms with Crippen LogP contribution in [0.15, 0.2) is 48.5 Å². The Kier molecular flexibility index (Phi) is 4.53. The second kappa shape index (κ2) is 6.74. The number of nitrogens with one attached hydrogen (secondary N) is 1. The van der Waals surface area contributed by atoms with E-state index in [1.165, 1.54) is 11.1 Å². The summed E-state index contributed by atoms with van der Waals surface area (Å²) in [5, 5.41) is 3.36. The van der Waals surface area contributed by atoms with Crippen LogP contribution in [0, 0.1) is 6.92 Å². The Morgan fingerprint density at radius 3 is 2.76 bits per heavy atom. The zero-order chi connectivity index (χ0) is 14.5. The van der Waals surface area contributed by atoms with Crippen molar-refractivity contribution >= 4 is 0 Å². The summed E-state index contributed by atoms with van der Waals surface area (Å²) in [7, 11) is 0. The Hall–Kier alpha value is -1.84. The van der Waals surface area contributed by atoms with Crippen LogP contribution in [0.5, 0.6) is 5.75 Å². The molecular formula is C18H21NO2. The molecule has 0 saturated carbocycles. The zero-order valence-corrected chi connectivity index (χ0v) is 12.3. The van der Waals surface area contributed by atoms with E-state index in [0.29, 0.717) is 6.61 Å². The highest BCUT2D eigenvalue weighted by atomic mass is 16.5. The van der Waals surface area contributed by atoms with Gasteiger partial charge >= 0.3 is 0 Å². The maximum atomic E-state index is 5.91. The highest BCUT2D eigenvalue weighted by Gasteiger charge is 2.16. The summed E-state index contributed by atoms with van der Waals surface area (Å²) in [6, 6.07) is 16.5. The van der Waals surface area contributed by atoms with Crippen LogP contribution >= 0.6 is 0 Å². The van der Waals surface area contributed by atoms with Crippen molar-refractivity contribution in [2.24, 2.45) is 0 Å². The van der Waals surface area contributed by atoms with Gasteiger partial charge in [-0.05, 0) is 35.7 Å². The number of aryl methyl sites for hydroxylation is 1. The molecule has 3 rings (SSSR count). The minimum absolute atomic E-state index is 0.153. The third-order valence-corrected chi connectivity index (χ3v) is 3.74. The van der Waals surface area contributed by atoms with E-state index in [9.17, 15) is 0 Å². The quantitative estimate of drug-likeness (QED) is 0.934. The van der Waals surface area contributed by atoms with Gasteiger partial charge in [-0.15, -0.1) is 0 Å². The largest absolute Gasteiger partial charge is 0.489 e. The van der Waals surface area contributed by atoms with Crippen molar-refractivity contribution in [2.45, 2.75) is 19.6 Å². The molecule has 0 aromatic heterocycles. The summed E-state index contributed by atoms with van der Waals surface area (Å²) in [6.07, 6.45) is 0.153. The molecule has 3 nitrogen and oxygen atoms in total. The minimum atomic E-state index is 0.153. The average molecular weight is 283 g/mol. The molecular weight excluding hydrogens is 262 g/mol. The van der Waals surface area contributed by atoms with E-state index in [1.54, 1.807) is 0 Å². The van der Waals surface area contributed by atoms with Crippen molar-refractivity contribution in [2.75, 3.05) is 19.7 Å². The minimum Gasteiger partial charge on any atom is -0.489 e. The van der Waals surface area contributed by atoms with E-state index in [0.717, 1.165) is 31.0 Å². The normalized spacial score (nSPS) is 18.4. The van der Waals surface area contributed by atoms with Crippen LogP contribution in [0.4, 0.5) is 0 Å². The number of ether oxygens (including phenoxy) is 2. The maximum Gasteiger partial charge on any atom is 0.122 e. The Balaban J connectivity index is 1.66. The molecule has 2 aromatic rings. The van der Waals surface area contributed by atoms with Gasteiger partial charge in [-0.1, -0.05) is 36.4 Å². The molecule has 1 saturated heterocycles. The summed E-state index contributed by atoms with van der Waals surface area (Å²) in [4.78, 5) is 0. The summed E-state index contributed by atoms with van der Waals surface area (Å²) in [5.41, 5.74) is 3.55. The molecule has 1 fully saturated rings. The van der Waals surface area contributed by atoms with E-state index < -0.39 is 0 Å². The topological polar surface area (TPSA) is 30.5 Å². The van der Waals surface area contributed by atoms with Gasteiger partial charge in [0.1, 0.15) is 12.4 Å². The van der Waals surface area contributed by atoms with Gasteiger partial charge < -0.3 is 14.8 Å². The molecule has 0 amide bonds. The molecule has 21 heavy (non-hydrogen) atoms. The van der Waals surface area contributed by atoms with Gasteiger partial charge in [-0.2, -0.15) is 0 Å². The number of morpholine rings is 1. The molecule has 0 radical (unpaired) electrons. The molecule has 1 N–H and O–H groups in total. The van der Waals surface area contributed by atoms with Gasteiger partial charge in [-0.3, -0.25) is 0 Å². The van der Waals surface area contributed by atoms with Crippen molar-refractivity contribution in [1.29, 1.82) is 0 Å². The summed E-state index contributed by atoms with van der Waals surface area (Å²) >= 11 is 0. The van der Waals surface area contributed by atoms with Gasteiger partial charge in [0.2, 0.25) is 0 Å². The standard InChI is InChI=1S/C18H21NO2/c1-14-11-16(18-12-19-9-10-20-18)7-8-17(14)21-13-15-5-3-2-4-6-15/h2-8,11,18-19H,9-10,12-13H2,1H3. The van der Waals surface area contributed by atoms with Gasteiger partial charge in [0.05, 0.1) is 12.7 Å². The summed E-state index contributed by atoms with van der Waals surface area (Å²) < 4.78 is 11.7. The molecule has 1 unspecified atom stereocenters. The smallest absolute Gasteiger partial charge is 0.122 e. The fourth-order valence-electron chi connectivity index (χ4n) is 2.55. The monoisotopic (exact) mass is 283 g/mol. The Morgan fingerprint density at radius 2 is 2.05 bits per heavy atom. The average Bonchev–Trinajstić information content (AvgIpc) is 2.55. The predicted octanol–water partition coefficient (Wildman–Crippen LogP) is 3.23. The lowest BCUT2D eigenvalue weighted by atomic mass is 10.0. The second-order valence-electron chi connectivity index (χ2n) is 5.36. The van der Waals surface area contributed by atoms with Crippen LogP contribution in [-0.4, -0.2) is 19.7 Å². The summed E-state index contributed by atoms with van der Waals surface area (Å²) in [6.45, 7) is 5.27. The van der Waals surface area contributed by atoms with E-state index >= 15 is 0 Å². The Labute approximate surface area is 125 Å². The SMILES string of the molecule is Cc1cc(C2CNCCO2)ccc1OCc1ccccc1. The Morgan fingerprint density at radius 1 is 1.19 bits per heavy atom. The van der Waals surface area contributed by atoms with Crippen molar-refractivity contribution in [3.05, 3.63) is 65.2 Å². The van der Waals surface area contributed by atoms with Crippen molar-refractivity contribution in [3.8, 4) is 5.75 Å². The number of hydrogen-bond acceptors (Lipinski definition) is 3. The number of benzene rings is 2. The molecule has 3 heteroatoms. The first kappa shape index (κ1) is 14.1. The van der Waals surface area contributed by atoms with Gasteiger partial charge in [0, 0.05) is 13.1 Å². The molecule has 0 spiro atoms. The lowest BCUT2D eigenvalue weighted by molar-refractivity contribution is 0.0276. The lowest BCUT2D eigenvalue weighted by Crippen LogP contribution is -2.33. The highest BCUT2D eigenvalue weighted by Crippen LogP contribution is 2.26.